The van der Waals surface area contributed by atoms with Gasteiger partial charge >= 0.3 is 5.97 Å². The van der Waals surface area contributed by atoms with Crippen LogP contribution in [-0.2, 0) is 16.0 Å². The van der Waals surface area contributed by atoms with Crippen molar-refractivity contribution in [1.82, 2.24) is 4.98 Å². The molecule has 1 aromatic heterocycles. The van der Waals surface area contributed by atoms with Gasteiger partial charge in [-0.05, 0) is 48.8 Å². The second kappa shape index (κ2) is 8.22. The number of hydrogen-bond donors (Lipinski definition) is 0. The number of alkyl halides is 2. The Bertz CT molecular complexity index is 531. The summed E-state index contributed by atoms with van der Waals surface area (Å²) in [6.45, 7) is 0.322. The maximum atomic E-state index is 12.5. The molecule has 0 bridgehead atoms. The first-order chi connectivity index (χ1) is 10.5. The van der Waals surface area contributed by atoms with Crippen LogP contribution in [-0.4, -0.2) is 24.0 Å². The average molecular weight is 330 g/mol. The molecule has 0 aliphatic carbocycles. The molecule has 0 saturated carbocycles. The summed E-state index contributed by atoms with van der Waals surface area (Å²) < 4.78 is 29.8. The fourth-order valence-electron chi connectivity index (χ4n) is 2.52. The molecule has 2 rings (SSSR count). The van der Waals surface area contributed by atoms with Crippen LogP contribution < -0.4 is 0 Å². The maximum absolute atomic E-state index is 12.5. The van der Waals surface area contributed by atoms with Crippen LogP contribution in [0.3, 0.4) is 0 Å². The zero-order chi connectivity index (χ0) is 15.9. The Kier molecular flexibility index (Phi) is 6.31. The molecule has 1 atom stereocenters. The molecule has 3 nitrogen and oxygen atoms in total. The summed E-state index contributed by atoms with van der Waals surface area (Å²) in [4.78, 5) is 15.0. The highest BCUT2D eigenvalue weighted by molar-refractivity contribution is 6.29. The van der Waals surface area contributed by atoms with Crippen molar-refractivity contribution < 1.29 is 18.3 Å². The third kappa shape index (κ3) is 5.72. The summed E-state index contributed by atoms with van der Waals surface area (Å²) in [6.07, 6.45) is 3.34. The summed E-state index contributed by atoms with van der Waals surface area (Å²) in [5.74, 6) is -0.199. The highest BCUT2D eigenvalue weighted by Gasteiger charge is 2.17. The van der Waals surface area contributed by atoms with Crippen LogP contribution in [0.2, 0.25) is 5.15 Å². The van der Waals surface area contributed by atoms with Gasteiger partial charge in [0.05, 0.1) is 0 Å². The van der Waals surface area contributed by atoms with E-state index in [1.165, 1.54) is 6.08 Å². The molecule has 6 heteroatoms. The molecule has 2 heterocycles. The lowest BCUT2D eigenvalue weighted by Crippen LogP contribution is -2.08. The van der Waals surface area contributed by atoms with E-state index in [0.717, 1.165) is 17.6 Å². The molecule has 0 fully saturated rings. The number of hydrogen-bond acceptors (Lipinski definition) is 3. The van der Waals surface area contributed by atoms with E-state index in [9.17, 15) is 13.6 Å². The van der Waals surface area contributed by atoms with Gasteiger partial charge < -0.3 is 4.74 Å². The molecule has 1 aliphatic rings. The monoisotopic (exact) mass is 329 g/mol. The molecular weight excluding hydrogens is 312 g/mol. The lowest BCUT2D eigenvalue weighted by molar-refractivity contribution is -0.134. The minimum absolute atomic E-state index is 0.111. The van der Waals surface area contributed by atoms with Gasteiger partial charge in [0.1, 0.15) is 11.8 Å². The maximum Gasteiger partial charge on any atom is 0.331 e. The van der Waals surface area contributed by atoms with Gasteiger partial charge in [-0.3, -0.25) is 0 Å². The van der Waals surface area contributed by atoms with Crippen molar-refractivity contribution in [2.45, 2.75) is 38.5 Å². The molecule has 1 aliphatic heterocycles. The third-order valence-corrected chi connectivity index (χ3v) is 3.93. The van der Waals surface area contributed by atoms with Crippen LogP contribution in [0, 0.1) is 5.92 Å². The molecule has 0 radical (unpaired) electrons. The second-order valence-corrected chi connectivity index (χ2v) is 5.86. The van der Waals surface area contributed by atoms with E-state index in [1.54, 1.807) is 12.3 Å². The zero-order valence-electron chi connectivity index (χ0n) is 12.1. The van der Waals surface area contributed by atoms with Crippen molar-refractivity contribution in [3.05, 3.63) is 40.7 Å². The van der Waals surface area contributed by atoms with E-state index in [0.29, 0.717) is 31.0 Å². The molecule has 1 unspecified atom stereocenters. The fourth-order valence-corrected chi connectivity index (χ4v) is 2.63. The minimum atomic E-state index is -2.29. The quantitative estimate of drug-likeness (QED) is 0.530. The topological polar surface area (TPSA) is 39.2 Å². The first kappa shape index (κ1) is 16.9. The molecule has 1 aromatic rings. The normalized spacial score (nSPS) is 15.8. The Hall–Kier alpha value is -1.49. The van der Waals surface area contributed by atoms with Crippen LogP contribution >= 0.6 is 11.6 Å². The number of halogens is 3. The number of cyclic esters (lactones) is 1. The SMILES string of the molecule is O=C1C=C(CCC(CCC(F)F)Cc2ccc(Cl)nc2)CO1. The summed E-state index contributed by atoms with van der Waals surface area (Å²) >= 11 is 5.75. The van der Waals surface area contributed by atoms with Crippen LogP contribution in [0.15, 0.2) is 30.0 Å². The molecule has 22 heavy (non-hydrogen) atoms. The lowest BCUT2D eigenvalue weighted by Gasteiger charge is -2.17. The minimum Gasteiger partial charge on any atom is -0.458 e. The Balaban J connectivity index is 1.91. The Morgan fingerprint density at radius 2 is 2.09 bits per heavy atom. The van der Waals surface area contributed by atoms with E-state index in [2.05, 4.69) is 4.98 Å². The highest BCUT2D eigenvalue weighted by Crippen LogP contribution is 2.25. The predicted molar refractivity (Wildman–Crippen MR) is 80.0 cm³/mol. The number of nitrogens with zero attached hydrogens (tertiary/aromatic N) is 1. The number of carbonyl (C=O) groups excluding carboxylic acids is 1. The Labute approximate surface area is 133 Å². The number of rotatable bonds is 8. The van der Waals surface area contributed by atoms with E-state index < -0.39 is 6.43 Å². The van der Waals surface area contributed by atoms with E-state index >= 15 is 0 Å². The van der Waals surface area contributed by atoms with Crippen LogP contribution in [0.1, 0.15) is 31.2 Å². The highest BCUT2D eigenvalue weighted by atomic mass is 35.5. The van der Waals surface area contributed by atoms with Crippen molar-refractivity contribution in [3.63, 3.8) is 0 Å². The third-order valence-electron chi connectivity index (χ3n) is 3.70. The standard InChI is InChI=1S/C16H18ClF2NO2/c17-14-5-3-12(9-20-14)7-11(4-6-15(18)19)1-2-13-8-16(21)22-10-13/h3,5,8-9,11,15H,1-2,4,6-7,10H2. The van der Waals surface area contributed by atoms with Gasteiger partial charge in [-0.1, -0.05) is 17.7 Å². The van der Waals surface area contributed by atoms with E-state index in [1.807, 2.05) is 6.07 Å². The largest absolute Gasteiger partial charge is 0.458 e. The van der Waals surface area contributed by atoms with Crippen molar-refractivity contribution >= 4 is 17.6 Å². The molecule has 0 amide bonds. The summed E-state index contributed by atoms with van der Waals surface area (Å²) in [5, 5.41) is 0.416. The predicted octanol–water partition coefficient (Wildman–Crippen LogP) is 4.20. The second-order valence-electron chi connectivity index (χ2n) is 5.48. The van der Waals surface area contributed by atoms with Gasteiger partial charge in [-0.15, -0.1) is 0 Å². The van der Waals surface area contributed by atoms with Crippen LogP contribution in [0.5, 0.6) is 0 Å². The summed E-state index contributed by atoms with van der Waals surface area (Å²) in [6, 6.07) is 3.57. The molecule has 0 saturated heterocycles. The van der Waals surface area contributed by atoms with Crippen molar-refractivity contribution in [3.8, 4) is 0 Å². The average Bonchev–Trinajstić information content (AvgIpc) is 2.89. The van der Waals surface area contributed by atoms with Gasteiger partial charge in [0.25, 0.3) is 0 Å². The molecule has 0 spiro atoms. The van der Waals surface area contributed by atoms with Crippen LogP contribution in [0.25, 0.3) is 0 Å². The zero-order valence-corrected chi connectivity index (χ0v) is 12.9. The number of esters is 1. The molecule has 0 N–H and O–H groups in total. The number of ether oxygens (including phenoxy) is 1. The first-order valence-electron chi connectivity index (χ1n) is 7.27. The number of carbonyl (C=O) groups is 1. The van der Waals surface area contributed by atoms with Crippen molar-refractivity contribution in [1.29, 1.82) is 0 Å². The van der Waals surface area contributed by atoms with E-state index in [4.69, 9.17) is 16.3 Å². The molecule has 120 valence electrons. The summed E-state index contributed by atoms with van der Waals surface area (Å²) in [7, 11) is 0. The Morgan fingerprint density at radius 1 is 1.27 bits per heavy atom. The Morgan fingerprint density at radius 3 is 2.68 bits per heavy atom. The number of pyridine rings is 1. The van der Waals surface area contributed by atoms with Crippen molar-refractivity contribution in [2.75, 3.05) is 6.61 Å². The molecular formula is C16H18ClF2NO2. The first-order valence-corrected chi connectivity index (χ1v) is 7.65. The van der Waals surface area contributed by atoms with Gasteiger partial charge in [0.2, 0.25) is 6.43 Å². The van der Waals surface area contributed by atoms with Gasteiger partial charge in [0.15, 0.2) is 0 Å². The van der Waals surface area contributed by atoms with Gasteiger partial charge in [-0.25, -0.2) is 18.6 Å². The van der Waals surface area contributed by atoms with E-state index in [-0.39, 0.29) is 18.3 Å². The van der Waals surface area contributed by atoms with Gasteiger partial charge in [-0.2, -0.15) is 0 Å². The smallest absolute Gasteiger partial charge is 0.331 e. The van der Waals surface area contributed by atoms with Crippen molar-refractivity contribution in [2.24, 2.45) is 5.92 Å². The van der Waals surface area contributed by atoms with Crippen LogP contribution in [0.4, 0.5) is 8.78 Å². The lowest BCUT2D eigenvalue weighted by atomic mass is 9.90. The molecule has 0 aromatic carbocycles. The van der Waals surface area contributed by atoms with Gasteiger partial charge in [0, 0.05) is 18.7 Å². The summed E-state index contributed by atoms with van der Waals surface area (Å²) in [5.41, 5.74) is 1.91. The number of aromatic nitrogens is 1. The fraction of sp³-hybridized carbons (Fsp3) is 0.500.